The van der Waals surface area contributed by atoms with Crippen LogP contribution >= 0.6 is 15.9 Å². The molecule has 15 heavy (non-hydrogen) atoms. The lowest BCUT2D eigenvalue weighted by Gasteiger charge is -2.08. The molecule has 1 rings (SSSR count). The standard InChI is InChI=1S/C9H10BrNO3S/c1-6-7(5-11-12)9(15(2,13)14)4-3-8(6)10/h3-5,12H,1-2H3/b11-5-. The van der Waals surface area contributed by atoms with Crippen LogP contribution in [0.25, 0.3) is 0 Å². The third-order valence-corrected chi connectivity index (χ3v) is 4.01. The van der Waals surface area contributed by atoms with Crippen molar-refractivity contribution in [1.29, 1.82) is 0 Å². The van der Waals surface area contributed by atoms with Crippen LogP contribution in [0.4, 0.5) is 0 Å². The Labute approximate surface area is 96.7 Å². The van der Waals surface area contributed by atoms with Gasteiger partial charge < -0.3 is 5.21 Å². The zero-order valence-electron chi connectivity index (χ0n) is 8.23. The van der Waals surface area contributed by atoms with Crippen molar-refractivity contribution in [3.05, 3.63) is 27.7 Å². The zero-order chi connectivity index (χ0) is 11.6. The summed E-state index contributed by atoms with van der Waals surface area (Å²) in [5.41, 5.74) is 1.12. The molecule has 0 aliphatic carbocycles. The van der Waals surface area contributed by atoms with Gasteiger partial charge in [0.25, 0.3) is 0 Å². The van der Waals surface area contributed by atoms with Crippen LogP contribution in [0.3, 0.4) is 0 Å². The lowest BCUT2D eigenvalue weighted by molar-refractivity contribution is 0.321. The summed E-state index contributed by atoms with van der Waals surface area (Å²) < 4.78 is 23.6. The molecule has 0 aliphatic heterocycles. The van der Waals surface area contributed by atoms with E-state index in [0.717, 1.165) is 22.5 Å². The highest BCUT2D eigenvalue weighted by atomic mass is 79.9. The van der Waals surface area contributed by atoms with Gasteiger partial charge in [-0.05, 0) is 24.6 Å². The van der Waals surface area contributed by atoms with E-state index in [1.165, 1.54) is 6.07 Å². The number of benzene rings is 1. The number of sulfone groups is 1. The quantitative estimate of drug-likeness (QED) is 0.515. The first-order chi connectivity index (χ1) is 6.88. The van der Waals surface area contributed by atoms with Gasteiger partial charge in [0.1, 0.15) is 0 Å². The second-order valence-electron chi connectivity index (χ2n) is 3.10. The molecule has 0 spiro atoms. The number of halogens is 1. The molecule has 6 heteroatoms. The molecule has 0 fully saturated rings. The Morgan fingerprint density at radius 2 is 2.07 bits per heavy atom. The number of hydrogen-bond acceptors (Lipinski definition) is 4. The first-order valence-corrected chi connectivity index (χ1v) is 6.73. The van der Waals surface area contributed by atoms with E-state index in [-0.39, 0.29) is 4.90 Å². The molecule has 1 N–H and O–H groups in total. The monoisotopic (exact) mass is 291 g/mol. The summed E-state index contributed by atoms with van der Waals surface area (Å²) in [5.74, 6) is 0. The highest BCUT2D eigenvalue weighted by Gasteiger charge is 2.15. The van der Waals surface area contributed by atoms with Gasteiger partial charge in [0.15, 0.2) is 9.84 Å². The fourth-order valence-corrected chi connectivity index (χ4v) is 2.48. The van der Waals surface area contributed by atoms with Crippen molar-refractivity contribution >= 4 is 32.0 Å². The maximum atomic E-state index is 11.4. The van der Waals surface area contributed by atoms with Gasteiger partial charge in [-0.1, -0.05) is 21.1 Å². The Kier molecular flexibility index (Phi) is 3.51. The molecule has 4 nitrogen and oxygen atoms in total. The normalized spacial score (nSPS) is 12.2. The van der Waals surface area contributed by atoms with Crippen LogP contribution < -0.4 is 0 Å². The van der Waals surface area contributed by atoms with Gasteiger partial charge in [0.05, 0.1) is 11.1 Å². The van der Waals surface area contributed by atoms with Gasteiger partial charge in [-0.25, -0.2) is 8.42 Å². The molecule has 0 aliphatic rings. The third-order valence-electron chi connectivity index (χ3n) is 2.00. The molecule has 0 unspecified atom stereocenters. The van der Waals surface area contributed by atoms with Gasteiger partial charge in [-0.15, -0.1) is 0 Å². The smallest absolute Gasteiger partial charge is 0.176 e. The lowest BCUT2D eigenvalue weighted by Crippen LogP contribution is -2.04. The largest absolute Gasteiger partial charge is 0.411 e. The van der Waals surface area contributed by atoms with Crippen LogP contribution in [0.15, 0.2) is 26.7 Å². The molecule has 0 saturated carbocycles. The van der Waals surface area contributed by atoms with E-state index in [9.17, 15) is 8.42 Å². The van der Waals surface area contributed by atoms with E-state index in [2.05, 4.69) is 21.1 Å². The highest BCUT2D eigenvalue weighted by Crippen LogP contribution is 2.24. The second kappa shape index (κ2) is 4.32. The minimum Gasteiger partial charge on any atom is -0.411 e. The number of hydrogen-bond donors (Lipinski definition) is 1. The predicted octanol–water partition coefficient (Wildman–Crippen LogP) is 1.97. The van der Waals surface area contributed by atoms with E-state index < -0.39 is 9.84 Å². The summed E-state index contributed by atoms with van der Waals surface area (Å²) in [7, 11) is -3.32. The average molecular weight is 292 g/mol. The van der Waals surface area contributed by atoms with E-state index in [0.29, 0.717) is 5.56 Å². The molecular weight excluding hydrogens is 282 g/mol. The van der Waals surface area contributed by atoms with Crippen LogP contribution in [0, 0.1) is 6.92 Å². The molecule has 0 bridgehead atoms. The van der Waals surface area contributed by atoms with Crippen LogP contribution in [-0.4, -0.2) is 26.1 Å². The zero-order valence-corrected chi connectivity index (χ0v) is 10.6. The predicted molar refractivity (Wildman–Crippen MR) is 61.4 cm³/mol. The third kappa shape index (κ3) is 2.57. The van der Waals surface area contributed by atoms with Crippen molar-refractivity contribution < 1.29 is 13.6 Å². The van der Waals surface area contributed by atoms with Crippen molar-refractivity contribution in [3.63, 3.8) is 0 Å². The minimum absolute atomic E-state index is 0.154. The van der Waals surface area contributed by atoms with E-state index in [1.807, 2.05) is 0 Å². The van der Waals surface area contributed by atoms with Crippen LogP contribution in [-0.2, 0) is 9.84 Å². The SMILES string of the molecule is Cc1c(Br)ccc(S(C)(=O)=O)c1/C=N\O. The maximum absolute atomic E-state index is 11.4. The fraction of sp³-hybridized carbons (Fsp3) is 0.222. The van der Waals surface area contributed by atoms with Crippen molar-refractivity contribution in [2.75, 3.05) is 6.26 Å². The summed E-state index contributed by atoms with van der Waals surface area (Å²) in [6.45, 7) is 1.75. The molecule has 82 valence electrons. The molecular formula is C9H10BrNO3S. The molecule has 0 atom stereocenters. The highest BCUT2D eigenvalue weighted by molar-refractivity contribution is 9.10. The van der Waals surface area contributed by atoms with E-state index >= 15 is 0 Å². The Morgan fingerprint density at radius 1 is 1.47 bits per heavy atom. The van der Waals surface area contributed by atoms with Crippen LogP contribution in [0.5, 0.6) is 0 Å². The van der Waals surface area contributed by atoms with Gasteiger partial charge in [-0.2, -0.15) is 0 Å². The van der Waals surface area contributed by atoms with Gasteiger partial charge in [0.2, 0.25) is 0 Å². The van der Waals surface area contributed by atoms with Gasteiger partial charge in [-0.3, -0.25) is 0 Å². The first kappa shape index (κ1) is 12.2. The molecule has 0 aromatic heterocycles. The first-order valence-electron chi connectivity index (χ1n) is 4.04. The molecule has 1 aromatic rings. The molecule has 0 saturated heterocycles. The topological polar surface area (TPSA) is 66.7 Å². The fourth-order valence-electron chi connectivity index (χ4n) is 1.22. The molecule has 0 heterocycles. The van der Waals surface area contributed by atoms with Crippen molar-refractivity contribution in [1.82, 2.24) is 0 Å². The summed E-state index contributed by atoms with van der Waals surface area (Å²) >= 11 is 3.28. The van der Waals surface area contributed by atoms with E-state index in [4.69, 9.17) is 5.21 Å². The Hall–Kier alpha value is -0.880. The van der Waals surface area contributed by atoms with Crippen LogP contribution in [0.2, 0.25) is 0 Å². The summed E-state index contributed by atoms with van der Waals surface area (Å²) in [6, 6.07) is 3.13. The average Bonchev–Trinajstić information content (AvgIpc) is 2.11. The Bertz CT molecular complexity index is 508. The number of rotatable bonds is 2. The minimum atomic E-state index is -3.32. The maximum Gasteiger partial charge on any atom is 0.176 e. The summed E-state index contributed by atoms with van der Waals surface area (Å²) in [6.07, 6.45) is 2.24. The second-order valence-corrected chi connectivity index (χ2v) is 5.94. The van der Waals surface area contributed by atoms with E-state index in [1.54, 1.807) is 13.0 Å². The van der Waals surface area contributed by atoms with Crippen LogP contribution in [0.1, 0.15) is 11.1 Å². The lowest BCUT2D eigenvalue weighted by atomic mass is 10.1. The van der Waals surface area contributed by atoms with Crippen molar-refractivity contribution in [2.24, 2.45) is 5.16 Å². The molecule has 0 amide bonds. The molecule has 1 aromatic carbocycles. The van der Waals surface area contributed by atoms with Crippen molar-refractivity contribution in [3.8, 4) is 0 Å². The Morgan fingerprint density at radius 3 is 2.53 bits per heavy atom. The summed E-state index contributed by atoms with van der Waals surface area (Å²) in [4.78, 5) is 0.154. The Balaban J connectivity index is 3.62. The number of nitrogens with zero attached hydrogens (tertiary/aromatic N) is 1. The summed E-state index contributed by atoms with van der Waals surface area (Å²) in [5, 5.41) is 11.4. The van der Waals surface area contributed by atoms with Gasteiger partial charge >= 0.3 is 0 Å². The number of oxime groups is 1. The molecule has 0 radical (unpaired) electrons. The van der Waals surface area contributed by atoms with Gasteiger partial charge in [0, 0.05) is 16.3 Å². The van der Waals surface area contributed by atoms with Crippen molar-refractivity contribution in [2.45, 2.75) is 11.8 Å².